The third-order valence-corrected chi connectivity index (χ3v) is 19.4. The van der Waals surface area contributed by atoms with E-state index in [2.05, 4.69) is 105 Å². The van der Waals surface area contributed by atoms with Gasteiger partial charge in [-0.1, -0.05) is 232 Å². The van der Waals surface area contributed by atoms with Gasteiger partial charge < -0.3 is 5.53 Å². The summed E-state index contributed by atoms with van der Waals surface area (Å²) in [5.74, 6) is 0. The molecule has 0 amide bonds. The fourth-order valence-corrected chi connectivity index (χ4v) is 13.8. The van der Waals surface area contributed by atoms with Crippen molar-refractivity contribution in [1.29, 1.82) is 0 Å². The maximum absolute atomic E-state index is 11.6. The summed E-state index contributed by atoms with van der Waals surface area (Å²) in [6.45, 7) is 13.6. The molecule has 0 aromatic heterocycles. The van der Waals surface area contributed by atoms with Crippen LogP contribution in [0.5, 0.6) is 0 Å². The van der Waals surface area contributed by atoms with Crippen molar-refractivity contribution >= 4 is 11.4 Å². The van der Waals surface area contributed by atoms with Gasteiger partial charge in [-0.3, -0.25) is 0 Å². The van der Waals surface area contributed by atoms with Crippen LogP contribution in [0.4, 0.5) is 0 Å². The molecule has 0 unspecified atom stereocenters. The Morgan fingerprint density at radius 1 is 0.293 bits per heavy atom. The van der Waals surface area contributed by atoms with E-state index < -0.39 is 0 Å². The summed E-state index contributed by atoms with van der Waals surface area (Å²) < 4.78 is 1.50. The molecule has 3 heteroatoms. The molecule has 0 saturated carbocycles. The second-order valence-electron chi connectivity index (χ2n) is 25.9. The summed E-state index contributed by atoms with van der Waals surface area (Å²) in [7, 11) is 0. The van der Waals surface area contributed by atoms with E-state index in [0.717, 1.165) is 48.2 Å². The Hall–Kier alpha value is -1.99. The third-order valence-electron chi connectivity index (χ3n) is 18.0. The Morgan fingerprint density at radius 2 is 0.549 bits per heavy atom. The molecular formula is C79H140N2Ni. The second-order valence-corrected chi connectivity index (χ2v) is 27.3. The maximum atomic E-state index is 11.6. The topological polar surface area (TPSA) is 25.3 Å². The van der Waals surface area contributed by atoms with Crippen LogP contribution in [0.1, 0.15) is 404 Å². The molecule has 1 heterocycles. The second kappa shape index (κ2) is 58.1. The summed E-state index contributed by atoms with van der Waals surface area (Å²) in [6, 6.07) is 17.7. The van der Waals surface area contributed by atoms with Crippen molar-refractivity contribution in [1.82, 2.24) is 0 Å². The number of rotatable bonds is 59. The molecule has 476 valence electrons. The molecule has 2 aromatic rings. The van der Waals surface area contributed by atoms with E-state index in [0.29, 0.717) is 0 Å². The predicted molar refractivity (Wildman–Crippen MR) is 366 cm³/mol. The van der Waals surface area contributed by atoms with Gasteiger partial charge in [-0.25, -0.2) is 4.70 Å². The van der Waals surface area contributed by atoms with Gasteiger partial charge in [-0.05, 0) is 80.8 Å². The molecule has 1 aliphatic heterocycles. The van der Waals surface area contributed by atoms with Crippen molar-refractivity contribution in [3.05, 3.63) is 87.5 Å². The van der Waals surface area contributed by atoms with Crippen molar-refractivity contribution < 1.29 is 19.1 Å². The van der Waals surface area contributed by atoms with Gasteiger partial charge in [0.1, 0.15) is 0 Å². The Kier molecular flexibility index (Phi) is 53.9. The van der Waals surface area contributed by atoms with Crippen molar-refractivity contribution in [2.75, 3.05) is 0 Å². The Morgan fingerprint density at radius 3 is 0.866 bits per heavy atom. The smallest absolute Gasteiger partial charge is 0.0654 e. The van der Waals surface area contributed by atoms with Crippen molar-refractivity contribution in [2.24, 2.45) is 0 Å². The van der Waals surface area contributed by atoms with E-state index >= 15 is 0 Å². The van der Waals surface area contributed by atoms with Crippen LogP contribution < -0.4 is 0 Å². The molecule has 0 aliphatic carbocycles. The summed E-state index contributed by atoms with van der Waals surface area (Å²) in [4.78, 5) is 0. The molecule has 2 aromatic carbocycles. The first-order chi connectivity index (χ1) is 40.5. The molecule has 0 atom stereocenters. The molecule has 0 fully saturated rings. The van der Waals surface area contributed by atoms with Crippen LogP contribution in [0, 0.1) is 0 Å². The predicted octanol–water partition coefficient (Wildman–Crippen LogP) is 28.6. The first-order valence-electron chi connectivity index (χ1n) is 37.1. The molecule has 0 bridgehead atoms. The summed E-state index contributed by atoms with van der Waals surface area (Å²) in [5.41, 5.74) is 21.1. The molecule has 2 nitrogen and oxygen atoms in total. The van der Waals surface area contributed by atoms with E-state index in [-0.39, 0.29) is 0 Å². The normalized spacial score (nSPS) is 12.6. The van der Waals surface area contributed by atoms with Crippen molar-refractivity contribution in [3.8, 4) is 0 Å². The Bertz CT molecular complexity index is 1740. The van der Waals surface area contributed by atoms with Crippen molar-refractivity contribution in [3.63, 3.8) is 0 Å². The number of aryl methyl sites for hydroxylation is 2. The van der Waals surface area contributed by atoms with Crippen LogP contribution in [-0.4, -0.2) is 4.70 Å². The van der Waals surface area contributed by atoms with Crippen LogP contribution in [0.2, 0.25) is 10.8 Å². The van der Waals surface area contributed by atoms with Gasteiger partial charge >= 0.3 is 166 Å². The molecule has 0 spiro atoms. The van der Waals surface area contributed by atoms with Crippen LogP contribution in [0.3, 0.4) is 0 Å². The minimum absolute atomic E-state index is 0.958. The van der Waals surface area contributed by atoms with Gasteiger partial charge in [-0.2, -0.15) is 0 Å². The average Bonchev–Trinajstić information content (AvgIpc) is 3.96. The fraction of sp³-hybridized carbons (Fsp3) is 0.797. The van der Waals surface area contributed by atoms with Gasteiger partial charge in [0.05, 0.1) is 0 Å². The van der Waals surface area contributed by atoms with Crippen LogP contribution in [-0.2, 0) is 27.3 Å². The van der Waals surface area contributed by atoms with E-state index in [1.165, 1.54) is 365 Å². The molecule has 1 aliphatic rings. The molecule has 3 rings (SSSR count). The number of benzene rings is 2. The molecule has 0 radical (unpaired) electrons. The van der Waals surface area contributed by atoms with E-state index in [1.807, 2.05) is 0 Å². The fourth-order valence-electron chi connectivity index (χ4n) is 12.5. The van der Waals surface area contributed by atoms with Crippen LogP contribution in [0.25, 0.3) is 16.9 Å². The van der Waals surface area contributed by atoms with Crippen LogP contribution in [0.15, 0.2) is 59.7 Å². The third kappa shape index (κ3) is 41.2. The zero-order valence-electron chi connectivity index (χ0n) is 56.1. The van der Waals surface area contributed by atoms with E-state index in [4.69, 9.17) is 0 Å². The quantitative estimate of drug-likeness (QED) is 0.0358. The van der Waals surface area contributed by atoms with E-state index in [9.17, 15) is 5.53 Å². The SMILES string of the molecule is CCCCCCC1=C(c2cccc(CCCC)c2)[N+](=[N-])C(c2cccc(CCCCCC)c2)=C1C.CCCCCCCCCCCCCCCCCCCCCC[CH2][Ni][CH2]CCCCCCCCCCCCCCCCCCCCCC. The zero-order valence-corrected chi connectivity index (χ0v) is 57.1. The first kappa shape index (κ1) is 76.1. The standard InChI is InChI=1S/C33H46N2.2C23H47.Ni/c1-5-8-11-13-18-28-20-15-21-29(24-28)32-26(4)31(23-14-12-9-6-2)33(35(32)34)30-22-16-19-27(25-30)17-10-7-3;2*1-3-5-7-9-11-13-15-17-19-21-23-22-20-18-16-14-12-10-8-6-4-2;/h15-16,19-22,24-25H,5-14,17-18,23H2,1-4H3;2*1,3-23H2,2H3;. The van der Waals surface area contributed by atoms with Gasteiger partial charge in [0.25, 0.3) is 0 Å². The number of unbranched alkanes of at least 4 members (excludes halogenated alkanes) is 47. The van der Waals surface area contributed by atoms with Gasteiger partial charge in [-0.15, -0.1) is 0 Å². The number of hydrogen-bond acceptors (Lipinski definition) is 0. The minimum atomic E-state index is 0.958. The Balaban J connectivity index is 0.000000581. The Labute approximate surface area is 520 Å². The van der Waals surface area contributed by atoms with Gasteiger partial charge in [0.15, 0.2) is 0 Å². The summed E-state index contributed by atoms with van der Waals surface area (Å²) in [6.07, 6.45) is 77.8. The van der Waals surface area contributed by atoms with Crippen molar-refractivity contribution in [2.45, 2.75) is 405 Å². The number of nitrogens with zero attached hydrogens (tertiary/aromatic N) is 2. The number of allylic oxidation sites excluding steroid dienone is 2. The van der Waals surface area contributed by atoms with Gasteiger partial charge in [0.2, 0.25) is 11.4 Å². The average molecular weight is 1180 g/mol. The van der Waals surface area contributed by atoms with Gasteiger partial charge in [0, 0.05) is 22.3 Å². The minimum Gasteiger partial charge on any atom is -0.0654 e. The molecular weight excluding hydrogens is 1040 g/mol. The summed E-state index contributed by atoms with van der Waals surface area (Å²) >= 11 is 2.05. The monoisotopic (exact) mass is 1180 g/mol. The first-order valence-corrected chi connectivity index (χ1v) is 38.5. The molecule has 0 N–H and O–H groups in total. The molecule has 0 saturated heterocycles. The van der Waals surface area contributed by atoms with E-state index in [1.54, 1.807) is 0 Å². The summed E-state index contributed by atoms with van der Waals surface area (Å²) in [5, 5.41) is 2.87. The molecule has 82 heavy (non-hydrogen) atoms. The van der Waals surface area contributed by atoms with Crippen LogP contribution >= 0.6 is 0 Å². The zero-order chi connectivity index (χ0) is 58.9. The number of hydrogen-bond donors (Lipinski definition) is 0.